The lowest BCUT2D eigenvalue weighted by atomic mass is 10.1. The number of benzene rings is 1. The molecule has 2 nitrogen and oxygen atoms in total. The standard InChI is InChI=1S/C13H19N2.ClH/c1-14(2)10-13(11-15(3)4)12-8-6-5-7-9-12;/h5-11H,1-4H3;1H/q+1;/p-1. The Morgan fingerprint density at radius 2 is 1.69 bits per heavy atom. The monoisotopic (exact) mass is 238 g/mol. The van der Waals surface area contributed by atoms with Crippen LogP contribution in [0.4, 0.5) is 0 Å². The van der Waals surface area contributed by atoms with E-state index in [1.165, 1.54) is 11.1 Å². The van der Waals surface area contributed by atoms with Gasteiger partial charge in [-0.1, -0.05) is 30.3 Å². The smallest absolute Gasteiger partial charge is 0.172 e. The maximum atomic E-state index is 2.12. The fraction of sp³-hybridized carbons (Fsp3) is 0.308. The molecule has 1 rings (SSSR count). The minimum Gasteiger partial charge on any atom is -1.00 e. The van der Waals surface area contributed by atoms with Crippen LogP contribution in [-0.4, -0.2) is 43.9 Å². The fourth-order valence-electron chi connectivity index (χ4n) is 1.37. The molecule has 0 amide bonds. The van der Waals surface area contributed by atoms with Crippen molar-refractivity contribution in [3.05, 3.63) is 42.1 Å². The van der Waals surface area contributed by atoms with Gasteiger partial charge in [-0.3, -0.25) is 0 Å². The number of nitrogens with zero attached hydrogens (tertiary/aromatic N) is 2. The third-order valence-electron chi connectivity index (χ3n) is 1.90. The summed E-state index contributed by atoms with van der Waals surface area (Å²) >= 11 is 0. The molecule has 0 aliphatic rings. The van der Waals surface area contributed by atoms with Crippen LogP contribution < -0.4 is 12.4 Å². The predicted molar refractivity (Wildman–Crippen MR) is 66.3 cm³/mol. The summed E-state index contributed by atoms with van der Waals surface area (Å²) in [5, 5.41) is 0. The molecule has 0 atom stereocenters. The molecule has 0 radical (unpaired) electrons. The van der Waals surface area contributed by atoms with E-state index in [1.807, 2.05) is 34.3 Å². The van der Waals surface area contributed by atoms with Gasteiger partial charge in [-0.25, -0.2) is 4.58 Å². The molecule has 0 fully saturated rings. The molecule has 0 aliphatic carbocycles. The van der Waals surface area contributed by atoms with Gasteiger partial charge in [0, 0.05) is 20.3 Å². The first-order valence-electron chi connectivity index (χ1n) is 5.04. The highest BCUT2D eigenvalue weighted by Gasteiger charge is 2.02. The van der Waals surface area contributed by atoms with E-state index in [1.54, 1.807) is 0 Å². The Balaban J connectivity index is 0.00000225. The molecule has 1 aromatic rings. The van der Waals surface area contributed by atoms with Crippen LogP contribution in [-0.2, 0) is 0 Å². The predicted octanol–water partition coefficient (Wildman–Crippen LogP) is -1.06. The first-order valence-corrected chi connectivity index (χ1v) is 5.04. The van der Waals surface area contributed by atoms with Gasteiger partial charge in [-0.2, -0.15) is 0 Å². The third kappa shape index (κ3) is 4.99. The van der Waals surface area contributed by atoms with E-state index < -0.39 is 0 Å². The zero-order chi connectivity index (χ0) is 11.3. The van der Waals surface area contributed by atoms with E-state index in [9.17, 15) is 0 Å². The quantitative estimate of drug-likeness (QED) is 0.481. The van der Waals surface area contributed by atoms with Gasteiger partial charge >= 0.3 is 0 Å². The van der Waals surface area contributed by atoms with Crippen LogP contribution >= 0.6 is 0 Å². The van der Waals surface area contributed by atoms with Crippen molar-refractivity contribution in [2.75, 3.05) is 28.2 Å². The van der Waals surface area contributed by atoms with Crippen LogP contribution in [0.25, 0.3) is 5.57 Å². The molecule has 0 unspecified atom stereocenters. The van der Waals surface area contributed by atoms with Crippen molar-refractivity contribution in [3.63, 3.8) is 0 Å². The van der Waals surface area contributed by atoms with E-state index in [-0.39, 0.29) is 12.4 Å². The SMILES string of the molecule is CN(C)C=C(C=[N+](C)C)c1ccccc1.[Cl-]. The number of allylic oxidation sites excluding steroid dienone is 1. The summed E-state index contributed by atoms with van der Waals surface area (Å²) in [5.41, 5.74) is 2.45. The van der Waals surface area contributed by atoms with Gasteiger partial charge in [0.2, 0.25) is 0 Å². The maximum Gasteiger partial charge on any atom is 0.172 e. The van der Waals surface area contributed by atoms with Gasteiger partial charge in [0.05, 0.1) is 5.57 Å². The lowest BCUT2D eigenvalue weighted by Gasteiger charge is -2.07. The largest absolute Gasteiger partial charge is 1.00 e. The van der Waals surface area contributed by atoms with Crippen LogP contribution in [0.5, 0.6) is 0 Å². The Hall–Kier alpha value is -1.28. The average Bonchev–Trinajstić information content (AvgIpc) is 2.17. The molecule has 0 heterocycles. The number of hydrogen-bond donors (Lipinski definition) is 0. The third-order valence-corrected chi connectivity index (χ3v) is 1.90. The van der Waals surface area contributed by atoms with Gasteiger partial charge < -0.3 is 17.3 Å². The summed E-state index contributed by atoms with van der Waals surface area (Å²) in [5.74, 6) is 0. The molecule has 88 valence electrons. The molecule has 0 N–H and O–H groups in total. The molecule has 3 heteroatoms. The van der Waals surface area contributed by atoms with Crippen LogP contribution in [0.2, 0.25) is 0 Å². The summed E-state index contributed by atoms with van der Waals surface area (Å²) in [6, 6.07) is 10.4. The van der Waals surface area contributed by atoms with Crippen molar-refractivity contribution in [3.8, 4) is 0 Å². The summed E-state index contributed by atoms with van der Waals surface area (Å²) in [7, 11) is 8.14. The Morgan fingerprint density at radius 3 is 2.12 bits per heavy atom. The lowest BCUT2D eigenvalue weighted by molar-refractivity contribution is -0.458. The number of hydrogen-bond acceptors (Lipinski definition) is 1. The molecule has 1 aromatic carbocycles. The first-order chi connectivity index (χ1) is 7.09. The van der Waals surface area contributed by atoms with Crippen LogP contribution in [0.15, 0.2) is 36.5 Å². The lowest BCUT2D eigenvalue weighted by Crippen LogP contribution is -3.00. The molecular formula is C13H19ClN2. The molecule has 16 heavy (non-hydrogen) atoms. The normalized spacial score (nSPS) is 10.4. The topological polar surface area (TPSA) is 6.25 Å². The fourth-order valence-corrected chi connectivity index (χ4v) is 1.37. The number of rotatable bonds is 3. The van der Waals surface area contributed by atoms with Crippen molar-refractivity contribution in [2.24, 2.45) is 0 Å². The molecular weight excluding hydrogens is 220 g/mol. The van der Waals surface area contributed by atoms with E-state index in [2.05, 4.69) is 46.2 Å². The molecule has 0 saturated heterocycles. The second-order valence-electron chi connectivity index (χ2n) is 4.01. The van der Waals surface area contributed by atoms with Gasteiger partial charge in [0.25, 0.3) is 0 Å². The summed E-state index contributed by atoms with van der Waals surface area (Å²) in [6.45, 7) is 0. The van der Waals surface area contributed by atoms with Crippen LogP contribution in [0, 0.1) is 0 Å². The zero-order valence-electron chi connectivity index (χ0n) is 10.3. The summed E-state index contributed by atoms with van der Waals surface area (Å²) in [6.07, 6.45) is 4.24. The number of halogens is 1. The highest BCUT2D eigenvalue weighted by Crippen LogP contribution is 2.11. The van der Waals surface area contributed by atoms with Crippen molar-refractivity contribution in [2.45, 2.75) is 0 Å². The highest BCUT2D eigenvalue weighted by atomic mass is 35.5. The summed E-state index contributed by atoms with van der Waals surface area (Å²) in [4.78, 5) is 2.06. The van der Waals surface area contributed by atoms with Crippen molar-refractivity contribution < 1.29 is 17.0 Å². The zero-order valence-corrected chi connectivity index (χ0v) is 11.1. The van der Waals surface area contributed by atoms with Gasteiger partial charge in [0.15, 0.2) is 6.21 Å². The van der Waals surface area contributed by atoms with E-state index in [4.69, 9.17) is 0 Å². The molecule has 0 spiro atoms. The minimum atomic E-state index is 0. The average molecular weight is 239 g/mol. The van der Waals surface area contributed by atoms with Gasteiger partial charge in [-0.15, -0.1) is 0 Å². The Bertz CT molecular complexity index is 363. The molecule has 0 aromatic heterocycles. The Labute approximate surface area is 104 Å². The maximum absolute atomic E-state index is 2.12. The molecule has 0 bridgehead atoms. The van der Waals surface area contributed by atoms with Crippen molar-refractivity contribution in [1.82, 2.24) is 4.90 Å². The summed E-state index contributed by atoms with van der Waals surface area (Å²) < 4.78 is 2.06. The minimum absolute atomic E-state index is 0. The molecule has 0 aliphatic heterocycles. The van der Waals surface area contributed by atoms with E-state index >= 15 is 0 Å². The van der Waals surface area contributed by atoms with E-state index in [0.29, 0.717) is 0 Å². The Morgan fingerprint density at radius 1 is 1.12 bits per heavy atom. The molecule has 0 saturated carbocycles. The van der Waals surface area contributed by atoms with Gasteiger partial charge in [-0.05, 0) is 5.56 Å². The van der Waals surface area contributed by atoms with E-state index in [0.717, 1.165) is 0 Å². The second-order valence-corrected chi connectivity index (χ2v) is 4.01. The first kappa shape index (κ1) is 14.7. The van der Waals surface area contributed by atoms with Crippen molar-refractivity contribution in [1.29, 1.82) is 0 Å². The highest BCUT2D eigenvalue weighted by molar-refractivity contribution is 6.07. The van der Waals surface area contributed by atoms with Crippen LogP contribution in [0.3, 0.4) is 0 Å². The van der Waals surface area contributed by atoms with Crippen LogP contribution in [0.1, 0.15) is 5.56 Å². The second kappa shape index (κ2) is 7.07. The Kier molecular flexibility index (Phi) is 6.50. The van der Waals surface area contributed by atoms with Gasteiger partial charge in [0.1, 0.15) is 14.1 Å². The van der Waals surface area contributed by atoms with Crippen molar-refractivity contribution >= 4 is 11.8 Å².